The molecule has 0 spiro atoms. The van der Waals surface area contributed by atoms with Gasteiger partial charge in [-0.25, -0.2) is 0 Å². The molecule has 0 saturated heterocycles. The highest BCUT2D eigenvalue weighted by molar-refractivity contribution is 5.95. The Balaban J connectivity index is 2.49. The fraction of sp³-hybridized carbons (Fsp3) is 0.100. The number of nitrogens with one attached hydrogen (secondary N) is 1. The van der Waals surface area contributed by atoms with E-state index in [1.807, 2.05) is 12.3 Å². The largest absolute Gasteiger partial charge is 0.353 e. The number of aromatic amines is 1. The zero-order valence-electron chi connectivity index (χ0n) is 6.54. The minimum Gasteiger partial charge on any atom is -0.353 e. The second-order valence-corrected chi connectivity index (χ2v) is 3.03. The summed E-state index contributed by atoms with van der Waals surface area (Å²) in [6.45, 7) is 0.833. The van der Waals surface area contributed by atoms with Crippen molar-refractivity contribution in [3.63, 3.8) is 0 Å². The average Bonchev–Trinajstić information content (AvgIpc) is 2.62. The fourth-order valence-electron chi connectivity index (χ4n) is 1.73. The highest BCUT2D eigenvalue weighted by Gasteiger charge is 2.11. The number of para-hydroxylation sites is 1. The number of aliphatic imine (C=N–C) groups is 1. The molecular weight excluding hydrogens is 148 g/mol. The summed E-state index contributed by atoms with van der Waals surface area (Å²) >= 11 is 0. The van der Waals surface area contributed by atoms with Gasteiger partial charge in [0.15, 0.2) is 0 Å². The molecule has 58 valence electrons. The Morgan fingerprint density at radius 2 is 2.17 bits per heavy atom. The van der Waals surface area contributed by atoms with Gasteiger partial charge in [0.2, 0.25) is 0 Å². The van der Waals surface area contributed by atoms with Gasteiger partial charge in [0.05, 0.1) is 12.2 Å². The Labute approximate surface area is 69.9 Å². The van der Waals surface area contributed by atoms with Crippen LogP contribution in [0.25, 0.3) is 10.9 Å². The summed E-state index contributed by atoms with van der Waals surface area (Å²) in [7, 11) is 0. The summed E-state index contributed by atoms with van der Waals surface area (Å²) in [5.41, 5.74) is 3.73. The first-order chi connectivity index (χ1) is 5.95. The topological polar surface area (TPSA) is 28.1 Å². The summed E-state index contributed by atoms with van der Waals surface area (Å²) < 4.78 is 0. The van der Waals surface area contributed by atoms with E-state index in [2.05, 4.69) is 28.2 Å². The van der Waals surface area contributed by atoms with Crippen LogP contribution < -0.4 is 0 Å². The van der Waals surface area contributed by atoms with E-state index in [1.165, 1.54) is 22.2 Å². The first-order valence-corrected chi connectivity index (χ1v) is 4.04. The maximum atomic E-state index is 4.21. The molecule has 2 aromatic rings. The van der Waals surface area contributed by atoms with Crippen molar-refractivity contribution in [1.82, 2.24) is 4.98 Å². The van der Waals surface area contributed by atoms with Crippen LogP contribution in [0.3, 0.4) is 0 Å². The molecule has 2 heteroatoms. The lowest BCUT2D eigenvalue weighted by molar-refractivity contribution is 1.13. The SMILES string of the molecule is C1=NCc2c1[nH]c1ccccc21. The van der Waals surface area contributed by atoms with Crippen LogP contribution >= 0.6 is 0 Å². The minimum atomic E-state index is 0.833. The third-order valence-electron chi connectivity index (χ3n) is 2.32. The van der Waals surface area contributed by atoms with Crippen molar-refractivity contribution in [3.05, 3.63) is 35.5 Å². The maximum Gasteiger partial charge on any atom is 0.0668 e. The van der Waals surface area contributed by atoms with Gasteiger partial charge < -0.3 is 4.98 Å². The zero-order chi connectivity index (χ0) is 7.97. The number of H-pyrrole nitrogens is 1. The smallest absolute Gasteiger partial charge is 0.0668 e. The molecule has 2 nitrogen and oxygen atoms in total. The predicted octanol–water partition coefficient (Wildman–Crippen LogP) is 2.10. The van der Waals surface area contributed by atoms with E-state index in [1.54, 1.807) is 0 Å². The van der Waals surface area contributed by atoms with Gasteiger partial charge in [-0.3, -0.25) is 4.99 Å². The molecule has 0 amide bonds. The fourth-order valence-corrected chi connectivity index (χ4v) is 1.73. The second kappa shape index (κ2) is 1.97. The molecule has 0 fully saturated rings. The standard InChI is InChI=1S/C10H8N2/c1-2-4-9-7(3-1)8-5-11-6-10(8)12-9/h1-4,6,12H,5H2. The molecule has 1 N–H and O–H groups in total. The number of fused-ring (bicyclic) bond motifs is 3. The third-order valence-corrected chi connectivity index (χ3v) is 2.32. The van der Waals surface area contributed by atoms with Crippen LogP contribution in [0.15, 0.2) is 29.3 Å². The molecule has 1 aromatic heterocycles. The summed E-state index contributed by atoms with van der Waals surface area (Å²) in [6, 6.07) is 8.35. The van der Waals surface area contributed by atoms with Gasteiger partial charge in [0.25, 0.3) is 0 Å². The van der Waals surface area contributed by atoms with Gasteiger partial charge in [-0.1, -0.05) is 18.2 Å². The lowest BCUT2D eigenvalue weighted by atomic mass is 10.1. The molecule has 0 atom stereocenters. The molecule has 0 radical (unpaired) electrons. The van der Waals surface area contributed by atoms with E-state index in [9.17, 15) is 0 Å². The van der Waals surface area contributed by atoms with E-state index >= 15 is 0 Å². The number of hydrogen-bond acceptors (Lipinski definition) is 1. The normalized spacial score (nSPS) is 14.0. The minimum absolute atomic E-state index is 0.833. The molecular formula is C10H8N2. The van der Waals surface area contributed by atoms with E-state index < -0.39 is 0 Å². The maximum absolute atomic E-state index is 4.21. The van der Waals surface area contributed by atoms with Crippen LogP contribution in [-0.2, 0) is 6.54 Å². The first-order valence-electron chi connectivity index (χ1n) is 4.04. The number of nitrogens with zero attached hydrogens (tertiary/aromatic N) is 1. The zero-order valence-corrected chi connectivity index (χ0v) is 6.54. The first kappa shape index (κ1) is 6.00. The summed E-state index contributed by atoms with van der Waals surface area (Å²) in [6.07, 6.45) is 1.91. The molecule has 2 heterocycles. The molecule has 0 bridgehead atoms. The molecule has 1 aliphatic rings. The van der Waals surface area contributed by atoms with Crippen LogP contribution in [0, 0.1) is 0 Å². The highest BCUT2D eigenvalue weighted by Crippen LogP contribution is 2.24. The molecule has 12 heavy (non-hydrogen) atoms. The average molecular weight is 156 g/mol. The Bertz CT molecular complexity index is 466. The van der Waals surface area contributed by atoms with Gasteiger partial charge >= 0.3 is 0 Å². The number of benzene rings is 1. The molecule has 0 aliphatic carbocycles. The monoisotopic (exact) mass is 156 g/mol. The second-order valence-electron chi connectivity index (χ2n) is 3.03. The van der Waals surface area contributed by atoms with Crippen molar-refractivity contribution in [3.8, 4) is 0 Å². The van der Waals surface area contributed by atoms with E-state index in [0.29, 0.717) is 0 Å². The van der Waals surface area contributed by atoms with Gasteiger partial charge in [-0.15, -0.1) is 0 Å². The van der Waals surface area contributed by atoms with Gasteiger partial charge in [0.1, 0.15) is 0 Å². The van der Waals surface area contributed by atoms with Crippen molar-refractivity contribution in [2.75, 3.05) is 0 Å². The molecule has 0 unspecified atom stereocenters. The Kier molecular flexibility index (Phi) is 0.987. The van der Waals surface area contributed by atoms with Crippen LogP contribution in [-0.4, -0.2) is 11.2 Å². The Morgan fingerprint density at radius 3 is 3.17 bits per heavy atom. The van der Waals surface area contributed by atoms with Gasteiger partial charge in [0, 0.05) is 22.7 Å². The van der Waals surface area contributed by atoms with Crippen LogP contribution in [0.4, 0.5) is 0 Å². The van der Waals surface area contributed by atoms with Crippen molar-refractivity contribution < 1.29 is 0 Å². The molecule has 1 aliphatic heterocycles. The molecule has 3 rings (SSSR count). The van der Waals surface area contributed by atoms with E-state index in [0.717, 1.165) is 6.54 Å². The van der Waals surface area contributed by atoms with Gasteiger partial charge in [-0.2, -0.15) is 0 Å². The molecule has 1 aromatic carbocycles. The van der Waals surface area contributed by atoms with Crippen molar-refractivity contribution in [2.24, 2.45) is 4.99 Å². The van der Waals surface area contributed by atoms with Crippen molar-refractivity contribution in [1.29, 1.82) is 0 Å². The third kappa shape index (κ3) is 0.619. The van der Waals surface area contributed by atoms with E-state index in [4.69, 9.17) is 0 Å². The number of aromatic nitrogens is 1. The summed E-state index contributed by atoms with van der Waals surface area (Å²) in [5, 5.41) is 1.31. The van der Waals surface area contributed by atoms with Gasteiger partial charge in [-0.05, 0) is 6.07 Å². The van der Waals surface area contributed by atoms with Crippen LogP contribution in [0.2, 0.25) is 0 Å². The summed E-state index contributed by atoms with van der Waals surface area (Å²) in [5.74, 6) is 0. The van der Waals surface area contributed by atoms with Crippen molar-refractivity contribution >= 4 is 17.1 Å². The molecule has 0 saturated carbocycles. The quantitative estimate of drug-likeness (QED) is 0.605. The lowest BCUT2D eigenvalue weighted by Gasteiger charge is -1.89. The number of rotatable bonds is 0. The Morgan fingerprint density at radius 1 is 1.25 bits per heavy atom. The predicted molar refractivity (Wildman–Crippen MR) is 49.6 cm³/mol. The van der Waals surface area contributed by atoms with E-state index in [-0.39, 0.29) is 0 Å². The van der Waals surface area contributed by atoms with Crippen molar-refractivity contribution in [2.45, 2.75) is 6.54 Å². The van der Waals surface area contributed by atoms with Crippen LogP contribution in [0.5, 0.6) is 0 Å². The lowest BCUT2D eigenvalue weighted by Crippen LogP contribution is -1.76. The number of hydrogen-bond donors (Lipinski definition) is 1. The highest BCUT2D eigenvalue weighted by atomic mass is 14.8. The Hall–Kier alpha value is -1.57. The van der Waals surface area contributed by atoms with Crippen LogP contribution in [0.1, 0.15) is 11.3 Å². The summed E-state index contributed by atoms with van der Waals surface area (Å²) in [4.78, 5) is 7.53.